The molecule has 1 amide bonds. The van der Waals surface area contributed by atoms with Crippen molar-refractivity contribution >= 4 is 5.91 Å². The Kier molecular flexibility index (Phi) is 9.24. The zero-order valence-electron chi connectivity index (χ0n) is 10.8. The molecule has 2 atom stereocenters. The zero-order valence-corrected chi connectivity index (χ0v) is 10.8. The largest absolute Gasteiger partial charge is 0.384 e. The molecular formula is C12H26N2O2. The molecule has 0 aliphatic heterocycles. The van der Waals surface area contributed by atoms with Gasteiger partial charge in [-0.15, -0.1) is 0 Å². The fourth-order valence-corrected chi connectivity index (χ4v) is 1.53. The van der Waals surface area contributed by atoms with E-state index in [9.17, 15) is 4.79 Å². The van der Waals surface area contributed by atoms with E-state index in [4.69, 9.17) is 10.5 Å². The van der Waals surface area contributed by atoms with Crippen molar-refractivity contribution in [2.24, 2.45) is 17.6 Å². The van der Waals surface area contributed by atoms with E-state index in [1.165, 1.54) is 0 Å². The molecular weight excluding hydrogens is 204 g/mol. The van der Waals surface area contributed by atoms with Gasteiger partial charge in [0.2, 0.25) is 5.91 Å². The number of carbonyl (C=O) groups excluding carboxylic acids is 1. The van der Waals surface area contributed by atoms with Crippen LogP contribution in [0.25, 0.3) is 0 Å². The molecule has 0 aromatic rings. The van der Waals surface area contributed by atoms with Gasteiger partial charge in [0.15, 0.2) is 0 Å². The Labute approximate surface area is 98.9 Å². The van der Waals surface area contributed by atoms with Crippen molar-refractivity contribution in [1.82, 2.24) is 5.32 Å². The van der Waals surface area contributed by atoms with Gasteiger partial charge in [0.1, 0.15) is 0 Å². The van der Waals surface area contributed by atoms with Gasteiger partial charge in [-0.1, -0.05) is 13.8 Å². The smallest absolute Gasteiger partial charge is 0.220 e. The van der Waals surface area contributed by atoms with E-state index in [2.05, 4.69) is 12.2 Å². The molecule has 0 bridgehead atoms. The van der Waals surface area contributed by atoms with Crippen molar-refractivity contribution in [1.29, 1.82) is 0 Å². The summed E-state index contributed by atoms with van der Waals surface area (Å²) < 4.78 is 4.98. The van der Waals surface area contributed by atoms with Crippen LogP contribution < -0.4 is 11.1 Å². The van der Waals surface area contributed by atoms with Crippen molar-refractivity contribution in [3.05, 3.63) is 0 Å². The maximum atomic E-state index is 11.5. The fourth-order valence-electron chi connectivity index (χ4n) is 1.53. The normalized spacial score (nSPS) is 14.5. The highest BCUT2D eigenvalue weighted by Crippen LogP contribution is 2.03. The van der Waals surface area contributed by atoms with Crippen LogP contribution in [0.2, 0.25) is 0 Å². The molecule has 0 aliphatic rings. The average molecular weight is 230 g/mol. The van der Waals surface area contributed by atoms with Crippen molar-refractivity contribution in [3.63, 3.8) is 0 Å². The summed E-state index contributed by atoms with van der Waals surface area (Å²) >= 11 is 0. The third-order valence-corrected chi connectivity index (χ3v) is 2.58. The number of amides is 1. The highest BCUT2D eigenvalue weighted by atomic mass is 16.5. The van der Waals surface area contributed by atoms with E-state index < -0.39 is 0 Å². The van der Waals surface area contributed by atoms with Crippen LogP contribution in [0.5, 0.6) is 0 Å². The number of hydrogen-bond acceptors (Lipinski definition) is 3. The van der Waals surface area contributed by atoms with Crippen LogP contribution in [-0.4, -0.2) is 32.7 Å². The quantitative estimate of drug-likeness (QED) is 0.584. The predicted molar refractivity (Wildman–Crippen MR) is 66.1 cm³/mol. The highest BCUT2D eigenvalue weighted by Gasteiger charge is 2.08. The first kappa shape index (κ1) is 15.4. The Bertz CT molecular complexity index is 186. The molecule has 3 N–H and O–H groups in total. The van der Waals surface area contributed by atoms with Crippen LogP contribution >= 0.6 is 0 Å². The topological polar surface area (TPSA) is 64.3 Å². The zero-order chi connectivity index (χ0) is 12.4. The molecule has 4 heteroatoms. The van der Waals surface area contributed by atoms with Gasteiger partial charge >= 0.3 is 0 Å². The number of nitrogens with one attached hydrogen (secondary N) is 1. The van der Waals surface area contributed by atoms with Gasteiger partial charge in [-0.2, -0.15) is 0 Å². The average Bonchev–Trinajstić information content (AvgIpc) is 2.24. The lowest BCUT2D eigenvalue weighted by Gasteiger charge is -2.11. The summed E-state index contributed by atoms with van der Waals surface area (Å²) in [6.45, 7) is 6.25. The van der Waals surface area contributed by atoms with E-state index in [-0.39, 0.29) is 11.8 Å². The Morgan fingerprint density at radius 1 is 1.38 bits per heavy atom. The van der Waals surface area contributed by atoms with Crippen molar-refractivity contribution in [2.75, 3.05) is 26.8 Å². The van der Waals surface area contributed by atoms with Crippen LogP contribution in [-0.2, 0) is 9.53 Å². The second kappa shape index (κ2) is 9.60. The Morgan fingerprint density at radius 2 is 2.06 bits per heavy atom. The lowest BCUT2D eigenvalue weighted by Crippen LogP contribution is -2.27. The molecule has 0 spiro atoms. The Hall–Kier alpha value is -0.610. The summed E-state index contributed by atoms with van der Waals surface area (Å²) in [6.07, 6.45) is 2.62. The molecule has 0 aromatic heterocycles. The van der Waals surface area contributed by atoms with E-state index in [0.29, 0.717) is 18.9 Å². The summed E-state index contributed by atoms with van der Waals surface area (Å²) in [6, 6.07) is 0. The van der Waals surface area contributed by atoms with Gasteiger partial charge in [0, 0.05) is 26.7 Å². The SMILES string of the molecule is COCC(C)CC(=O)NCCCC(C)CN. The van der Waals surface area contributed by atoms with E-state index in [1.54, 1.807) is 7.11 Å². The van der Waals surface area contributed by atoms with Crippen molar-refractivity contribution < 1.29 is 9.53 Å². The molecule has 0 saturated heterocycles. The fraction of sp³-hybridized carbons (Fsp3) is 0.917. The first-order valence-corrected chi connectivity index (χ1v) is 6.05. The molecule has 0 heterocycles. The van der Waals surface area contributed by atoms with E-state index >= 15 is 0 Å². The van der Waals surface area contributed by atoms with E-state index in [0.717, 1.165) is 25.9 Å². The molecule has 0 aliphatic carbocycles. The first-order chi connectivity index (χ1) is 7.60. The number of carbonyl (C=O) groups is 1. The summed E-state index contributed by atoms with van der Waals surface area (Å²) in [4.78, 5) is 11.5. The molecule has 0 radical (unpaired) electrons. The van der Waals surface area contributed by atoms with Crippen LogP contribution in [0.1, 0.15) is 33.1 Å². The van der Waals surface area contributed by atoms with Gasteiger partial charge in [0.25, 0.3) is 0 Å². The number of rotatable bonds is 9. The maximum Gasteiger partial charge on any atom is 0.220 e. The minimum atomic E-state index is 0.116. The standard InChI is InChI=1S/C12H26N2O2/c1-10(8-13)5-4-6-14-12(15)7-11(2)9-16-3/h10-11H,4-9,13H2,1-3H3,(H,14,15). The minimum absolute atomic E-state index is 0.116. The minimum Gasteiger partial charge on any atom is -0.384 e. The summed E-state index contributed by atoms with van der Waals surface area (Å²) in [5.74, 6) is 0.947. The van der Waals surface area contributed by atoms with Gasteiger partial charge < -0.3 is 15.8 Å². The van der Waals surface area contributed by atoms with Gasteiger partial charge in [0.05, 0.1) is 0 Å². The monoisotopic (exact) mass is 230 g/mol. The lowest BCUT2D eigenvalue weighted by molar-refractivity contribution is -0.122. The molecule has 0 aromatic carbocycles. The third-order valence-electron chi connectivity index (χ3n) is 2.58. The Morgan fingerprint density at radius 3 is 2.62 bits per heavy atom. The van der Waals surface area contributed by atoms with Crippen molar-refractivity contribution in [3.8, 4) is 0 Å². The van der Waals surface area contributed by atoms with Crippen LogP contribution in [0.3, 0.4) is 0 Å². The van der Waals surface area contributed by atoms with E-state index in [1.807, 2.05) is 6.92 Å². The molecule has 0 rings (SSSR count). The highest BCUT2D eigenvalue weighted by molar-refractivity contribution is 5.76. The molecule has 0 saturated carbocycles. The van der Waals surface area contributed by atoms with Gasteiger partial charge in [-0.05, 0) is 31.2 Å². The summed E-state index contributed by atoms with van der Waals surface area (Å²) in [7, 11) is 1.66. The molecule has 0 fully saturated rings. The number of nitrogens with two attached hydrogens (primary N) is 1. The molecule has 4 nitrogen and oxygen atoms in total. The maximum absolute atomic E-state index is 11.5. The number of methoxy groups -OCH3 is 1. The van der Waals surface area contributed by atoms with Crippen LogP contribution in [0.15, 0.2) is 0 Å². The van der Waals surface area contributed by atoms with Crippen LogP contribution in [0, 0.1) is 11.8 Å². The first-order valence-electron chi connectivity index (χ1n) is 6.05. The molecule has 2 unspecified atom stereocenters. The molecule has 96 valence electrons. The number of hydrogen-bond donors (Lipinski definition) is 2. The van der Waals surface area contributed by atoms with Gasteiger partial charge in [-0.3, -0.25) is 4.79 Å². The van der Waals surface area contributed by atoms with Gasteiger partial charge in [-0.25, -0.2) is 0 Å². The summed E-state index contributed by atoms with van der Waals surface area (Å²) in [5.41, 5.74) is 5.51. The number of ether oxygens (including phenoxy) is 1. The summed E-state index contributed by atoms with van der Waals surface area (Å²) in [5, 5.41) is 2.92. The van der Waals surface area contributed by atoms with Crippen molar-refractivity contribution in [2.45, 2.75) is 33.1 Å². The second-order valence-corrected chi connectivity index (χ2v) is 4.60. The molecule has 16 heavy (non-hydrogen) atoms. The van der Waals surface area contributed by atoms with Crippen LogP contribution in [0.4, 0.5) is 0 Å². The second-order valence-electron chi connectivity index (χ2n) is 4.60. The predicted octanol–water partition coefficient (Wildman–Crippen LogP) is 1.15. The third kappa shape index (κ3) is 8.68. The lowest BCUT2D eigenvalue weighted by atomic mass is 10.1. The Balaban J connectivity index is 3.43.